The summed E-state index contributed by atoms with van der Waals surface area (Å²) in [4.78, 5) is 23.0. The summed E-state index contributed by atoms with van der Waals surface area (Å²) in [6, 6.07) is 0. The average Bonchev–Trinajstić information content (AvgIpc) is 2.27. The van der Waals surface area contributed by atoms with E-state index in [1.165, 1.54) is 20.8 Å². The van der Waals surface area contributed by atoms with E-state index in [0.717, 1.165) is 0 Å². The highest BCUT2D eigenvalue weighted by Gasteiger charge is 2.47. The standard InChI is InChI=1S/C12H16O4Si/c1-7-15-17(8-2,9-3)16-12(6,10(4)13)11(5)14/h2-3H,7H2,1,4-6H3. The molecule has 0 aliphatic carbocycles. The third-order valence-corrected chi connectivity index (χ3v) is 4.57. The molecule has 0 aliphatic rings. The van der Waals surface area contributed by atoms with Crippen LogP contribution in [-0.2, 0) is 18.4 Å². The number of carbonyl (C=O) groups excluding carboxylic acids is 2. The van der Waals surface area contributed by atoms with E-state index in [1.54, 1.807) is 6.92 Å². The number of hydrogen-bond acceptors (Lipinski definition) is 4. The minimum atomic E-state index is -3.39. The Hall–Kier alpha value is -1.40. The fourth-order valence-corrected chi connectivity index (χ4v) is 2.79. The summed E-state index contributed by atoms with van der Waals surface area (Å²) in [7, 11) is -3.39. The van der Waals surface area contributed by atoms with Crippen molar-refractivity contribution >= 4 is 20.1 Å². The van der Waals surface area contributed by atoms with Gasteiger partial charge in [0.15, 0.2) is 17.2 Å². The Morgan fingerprint density at radius 2 is 1.65 bits per heavy atom. The normalized spacial score (nSPS) is 11.4. The largest absolute Gasteiger partial charge is 0.511 e. The Morgan fingerprint density at radius 1 is 1.24 bits per heavy atom. The predicted octanol–water partition coefficient (Wildman–Crippen LogP) is 0.763. The first-order valence-electron chi connectivity index (χ1n) is 5.09. The average molecular weight is 252 g/mol. The van der Waals surface area contributed by atoms with Gasteiger partial charge in [0.25, 0.3) is 0 Å². The molecule has 0 fully saturated rings. The highest BCUT2D eigenvalue weighted by atomic mass is 28.4. The van der Waals surface area contributed by atoms with Gasteiger partial charge >= 0.3 is 8.56 Å². The van der Waals surface area contributed by atoms with Crippen LogP contribution in [0.1, 0.15) is 27.7 Å². The summed E-state index contributed by atoms with van der Waals surface area (Å²) in [6.07, 6.45) is 10.6. The molecule has 0 saturated carbocycles. The van der Waals surface area contributed by atoms with Crippen molar-refractivity contribution in [2.24, 2.45) is 0 Å². The maximum absolute atomic E-state index is 11.5. The van der Waals surface area contributed by atoms with E-state index in [4.69, 9.17) is 21.7 Å². The third kappa shape index (κ3) is 3.27. The summed E-state index contributed by atoms with van der Waals surface area (Å²) in [5.41, 5.74) is 2.93. The van der Waals surface area contributed by atoms with E-state index in [-0.39, 0.29) is 6.61 Å². The number of terminal acetylenes is 2. The summed E-state index contributed by atoms with van der Waals surface area (Å²) in [5.74, 6) is -0.904. The zero-order valence-corrected chi connectivity index (χ0v) is 11.5. The maximum Gasteiger partial charge on any atom is 0.511 e. The lowest BCUT2D eigenvalue weighted by Gasteiger charge is -2.30. The van der Waals surface area contributed by atoms with Gasteiger partial charge in [-0.2, -0.15) is 0 Å². The summed E-state index contributed by atoms with van der Waals surface area (Å²) in [6.45, 7) is 5.82. The van der Waals surface area contributed by atoms with E-state index >= 15 is 0 Å². The van der Waals surface area contributed by atoms with Crippen molar-refractivity contribution in [1.82, 2.24) is 0 Å². The molecule has 92 valence electrons. The van der Waals surface area contributed by atoms with Crippen LogP contribution in [0.2, 0.25) is 0 Å². The second-order valence-electron chi connectivity index (χ2n) is 3.59. The van der Waals surface area contributed by atoms with Crippen molar-refractivity contribution in [3.05, 3.63) is 0 Å². The van der Waals surface area contributed by atoms with Crippen LogP contribution in [0.15, 0.2) is 0 Å². The summed E-state index contributed by atoms with van der Waals surface area (Å²) >= 11 is 0. The van der Waals surface area contributed by atoms with Crippen LogP contribution in [0.3, 0.4) is 0 Å². The lowest BCUT2D eigenvalue weighted by Crippen LogP contribution is -2.54. The van der Waals surface area contributed by atoms with E-state index < -0.39 is 25.7 Å². The molecule has 0 radical (unpaired) electrons. The van der Waals surface area contributed by atoms with Crippen LogP contribution in [0, 0.1) is 23.9 Å². The van der Waals surface area contributed by atoms with Crippen LogP contribution in [-0.4, -0.2) is 32.3 Å². The first-order chi connectivity index (χ1) is 7.78. The molecule has 0 spiro atoms. The van der Waals surface area contributed by atoms with Gasteiger partial charge in [-0.25, -0.2) is 0 Å². The molecule has 0 amide bonds. The molecule has 0 aromatic rings. The van der Waals surface area contributed by atoms with Crippen molar-refractivity contribution in [3.8, 4) is 23.9 Å². The molecule has 5 heteroatoms. The maximum atomic E-state index is 11.5. The lowest BCUT2D eigenvalue weighted by atomic mass is 9.98. The van der Waals surface area contributed by atoms with Gasteiger partial charge in [0, 0.05) is 6.61 Å². The number of hydrogen-bond donors (Lipinski definition) is 0. The van der Waals surface area contributed by atoms with Gasteiger partial charge in [-0.15, -0.1) is 12.8 Å². The highest BCUT2D eigenvalue weighted by Crippen LogP contribution is 2.20. The van der Waals surface area contributed by atoms with Gasteiger partial charge in [0.1, 0.15) is 0 Å². The van der Waals surface area contributed by atoms with Crippen molar-refractivity contribution < 1.29 is 18.4 Å². The molecule has 17 heavy (non-hydrogen) atoms. The molecule has 4 nitrogen and oxygen atoms in total. The smallest absolute Gasteiger partial charge is 0.376 e. The van der Waals surface area contributed by atoms with Gasteiger partial charge in [-0.1, -0.05) is 11.1 Å². The SMILES string of the molecule is C#C[Si](C#C)(OCC)OC(C)(C(C)=O)C(C)=O. The second kappa shape index (κ2) is 5.79. The van der Waals surface area contributed by atoms with E-state index in [0.29, 0.717) is 0 Å². The first kappa shape index (κ1) is 15.6. The van der Waals surface area contributed by atoms with Gasteiger partial charge in [-0.3, -0.25) is 9.59 Å². The third-order valence-electron chi connectivity index (χ3n) is 2.42. The van der Waals surface area contributed by atoms with Crippen molar-refractivity contribution in [2.45, 2.75) is 33.3 Å². The molecular formula is C12H16O4Si. The molecule has 0 saturated heterocycles. The first-order valence-corrected chi connectivity index (χ1v) is 6.91. The minimum Gasteiger partial charge on any atom is -0.376 e. The predicted molar refractivity (Wildman–Crippen MR) is 65.9 cm³/mol. The second-order valence-corrected chi connectivity index (χ2v) is 5.89. The van der Waals surface area contributed by atoms with Crippen LogP contribution >= 0.6 is 0 Å². The molecule has 0 N–H and O–H groups in total. The number of rotatable bonds is 6. The Labute approximate surface area is 103 Å². The van der Waals surface area contributed by atoms with E-state index in [2.05, 4.69) is 11.1 Å². The quantitative estimate of drug-likeness (QED) is 0.398. The Morgan fingerprint density at radius 3 is 1.88 bits per heavy atom. The van der Waals surface area contributed by atoms with Crippen molar-refractivity contribution in [2.75, 3.05) is 6.61 Å². The van der Waals surface area contributed by atoms with Crippen molar-refractivity contribution in [1.29, 1.82) is 0 Å². The molecule has 0 aromatic heterocycles. The molecule has 0 aliphatic heterocycles. The monoisotopic (exact) mass is 252 g/mol. The molecule has 0 bridgehead atoms. The Balaban J connectivity index is 5.39. The minimum absolute atomic E-state index is 0.256. The zero-order chi connectivity index (χ0) is 13.7. The van der Waals surface area contributed by atoms with Crippen LogP contribution in [0.25, 0.3) is 0 Å². The van der Waals surface area contributed by atoms with Crippen LogP contribution < -0.4 is 0 Å². The molecule has 0 atom stereocenters. The topological polar surface area (TPSA) is 52.6 Å². The number of Topliss-reactive ketones (excluding diaryl/α,β-unsaturated/α-hetero) is 2. The Kier molecular flexibility index (Phi) is 5.31. The van der Waals surface area contributed by atoms with Crippen LogP contribution in [0.4, 0.5) is 0 Å². The highest BCUT2D eigenvalue weighted by molar-refractivity contribution is 6.83. The van der Waals surface area contributed by atoms with Gasteiger partial charge < -0.3 is 8.85 Å². The zero-order valence-electron chi connectivity index (χ0n) is 10.5. The number of carbonyl (C=O) groups is 2. The van der Waals surface area contributed by atoms with Crippen molar-refractivity contribution in [3.63, 3.8) is 0 Å². The molecular weight excluding hydrogens is 236 g/mol. The van der Waals surface area contributed by atoms with Gasteiger partial charge in [0.2, 0.25) is 0 Å². The fourth-order valence-electron chi connectivity index (χ4n) is 1.10. The summed E-state index contributed by atoms with van der Waals surface area (Å²) in [5, 5.41) is 0. The molecule has 0 heterocycles. The fraction of sp³-hybridized carbons (Fsp3) is 0.500. The van der Waals surface area contributed by atoms with E-state index in [9.17, 15) is 9.59 Å². The van der Waals surface area contributed by atoms with Gasteiger partial charge in [-0.05, 0) is 27.7 Å². The van der Waals surface area contributed by atoms with E-state index in [1.807, 2.05) is 0 Å². The Bertz CT molecular complexity index is 372. The molecule has 0 rings (SSSR count). The molecule has 0 aromatic carbocycles. The molecule has 0 unspecified atom stereocenters. The lowest BCUT2D eigenvalue weighted by molar-refractivity contribution is -0.145. The van der Waals surface area contributed by atoms with Gasteiger partial charge in [0.05, 0.1) is 0 Å². The van der Waals surface area contributed by atoms with Crippen LogP contribution in [0.5, 0.6) is 0 Å². The number of ketones is 2. The summed E-state index contributed by atoms with van der Waals surface area (Å²) < 4.78 is 10.7.